The van der Waals surface area contributed by atoms with Crippen molar-refractivity contribution in [2.45, 2.75) is 38.3 Å². The van der Waals surface area contributed by atoms with Gasteiger partial charge in [0.1, 0.15) is 6.54 Å². The largest absolute Gasteiger partial charge is 0.353 e. The molecule has 138 valence electrons. The van der Waals surface area contributed by atoms with Crippen LogP contribution in [0.15, 0.2) is 53.6 Å². The van der Waals surface area contributed by atoms with Gasteiger partial charge in [0.05, 0.1) is 6.04 Å². The Bertz CT molecular complexity index is 752. The van der Waals surface area contributed by atoms with Crippen molar-refractivity contribution in [3.05, 3.63) is 64.8 Å². The Labute approximate surface area is 153 Å². The lowest BCUT2D eigenvalue weighted by atomic mass is 10.0. The molecule has 2 heterocycles. The molecule has 0 spiro atoms. The normalized spacial score (nSPS) is 16.6. The minimum absolute atomic E-state index is 0.00577. The third kappa shape index (κ3) is 5.02. The second-order valence-electron chi connectivity index (χ2n) is 6.71. The van der Waals surface area contributed by atoms with E-state index in [1.807, 2.05) is 18.2 Å². The summed E-state index contributed by atoms with van der Waals surface area (Å²) in [5.74, 6) is -0.171. The lowest BCUT2D eigenvalue weighted by Gasteiger charge is -2.31. The molecule has 3 rings (SSSR count). The van der Waals surface area contributed by atoms with Gasteiger partial charge in [-0.15, -0.1) is 0 Å². The Balaban J connectivity index is 1.66. The quantitative estimate of drug-likeness (QED) is 0.861. The van der Waals surface area contributed by atoms with E-state index >= 15 is 0 Å². The molecule has 1 aromatic heterocycles. The number of rotatable bonds is 6. The minimum Gasteiger partial charge on any atom is -0.353 e. The van der Waals surface area contributed by atoms with Crippen LogP contribution in [-0.4, -0.2) is 40.0 Å². The predicted octanol–water partition coefficient (Wildman–Crippen LogP) is 1.98. The first-order valence-corrected chi connectivity index (χ1v) is 9.31. The number of nitrogens with one attached hydrogen (secondary N) is 1. The van der Waals surface area contributed by atoms with Crippen LogP contribution in [0.2, 0.25) is 0 Å². The highest BCUT2D eigenvalue weighted by molar-refractivity contribution is 5.75. The number of carbonyl (C=O) groups is 1. The maximum atomic E-state index is 12.3. The van der Waals surface area contributed by atoms with Crippen LogP contribution in [0.25, 0.3) is 0 Å². The maximum absolute atomic E-state index is 12.3. The Morgan fingerprint density at radius 1 is 1.08 bits per heavy atom. The van der Waals surface area contributed by atoms with Gasteiger partial charge in [0.25, 0.3) is 0 Å². The van der Waals surface area contributed by atoms with Crippen LogP contribution < -0.4 is 11.0 Å². The molecular weight excluding hydrogens is 328 g/mol. The Morgan fingerprint density at radius 2 is 1.81 bits per heavy atom. The van der Waals surface area contributed by atoms with E-state index in [1.165, 1.54) is 42.0 Å². The van der Waals surface area contributed by atoms with Crippen LogP contribution >= 0.6 is 0 Å². The van der Waals surface area contributed by atoms with Crippen LogP contribution in [0.1, 0.15) is 37.3 Å². The summed E-state index contributed by atoms with van der Waals surface area (Å²) in [6.07, 6.45) is 7.95. The molecule has 26 heavy (non-hydrogen) atoms. The Kier molecular flexibility index (Phi) is 6.55. The zero-order valence-corrected chi connectivity index (χ0v) is 15.0. The van der Waals surface area contributed by atoms with Crippen molar-refractivity contribution in [1.82, 2.24) is 19.8 Å². The molecule has 0 saturated carbocycles. The average molecular weight is 354 g/mol. The molecule has 1 amide bonds. The molecule has 1 atom stereocenters. The van der Waals surface area contributed by atoms with Gasteiger partial charge in [-0.25, -0.2) is 9.78 Å². The van der Waals surface area contributed by atoms with Crippen molar-refractivity contribution in [1.29, 1.82) is 0 Å². The predicted molar refractivity (Wildman–Crippen MR) is 101 cm³/mol. The van der Waals surface area contributed by atoms with E-state index < -0.39 is 5.69 Å². The Hall–Kier alpha value is -2.47. The van der Waals surface area contributed by atoms with Crippen molar-refractivity contribution >= 4 is 5.91 Å². The van der Waals surface area contributed by atoms with Gasteiger partial charge in [0, 0.05) is 18.9 Å². The van der Waals surface area contributed by atoms with Gasteiger partial charge in [-0.1, -0.05) is 43.2 Å². The zero-order chi connectivity index (χ0) is 18.2. The monoisotopic (exact) mass is 354 g/mol. The third-order valence-electron chi connectivity index (χ3n) is 4.86. The van der Waals surface area contributed by atoms with Crippen LogP contribution in [0, 0.1) is 0 Å². The molecule has 0 radical (unpaired) electrons. The van der Waals surface area contributed by atoms with Gasteiger partial charge in [0.15, 0.2) is 0 Å². The van der Waals surface area contributed by atoms with Crippen LogP contribution in [0.3, 0.4) is 0 Å². The van der Waals surface area contributed by atoms with E-state index in [1.54, 1.807) is 12.3 Å². The third-order valence-corrected chi connectivity index (χ3v) is 4.86. The summed E-state index contributed by atoms with van der Waals surface area (Å²) in [4.78, 5) is 30.1. The molecule has 1 aliphatic heterocycles. The molecular formula is C20H26N4O2. The van der Waals surface area contributed by atoms with E-state index in [4.69, 9.17) is 0 Å². The zero-order valence-electron chi connectivity index (χ0n) is 15.0. The van der Waals surface area contributed by atoms with Gasteiger partial charge in [-0.2, -0.15) is 0 Å². The summed E-state index contributed by atoms with van der Waals surface area (Å²) in [6.45, 7) is 2.64. The minimum atomic E-state index is -0.408. The maximum Gasteiger partial charge on any atom is 0.347 e. The lowest BCUT2D eigenvalue weighted by Crippen LogP contribution is -2.40. The van der Waals surface area contributed by atoms with Crippen LogP contribution in [-0.2, 0) is 11.3 Å². The van der Waals surface area contributed by atoms with Gasteiger partial charge in [0.2, 0.25) is 5.91 Å². The van der Waals surface area contributed by atoms with E-state index in [0.29, 0.717) is 6.54 Å². The molecule has 1 saturated heterocycles. The highest BCUT2D eigenvalue weighted by Crippen LogP contribution is 2.23. The molecule has 1 N–H and O–H groups in total. The average Bonchev–Trinajstić information content (AvgIpc) is 2.94. The van der Waals surface area contributed by atoms with Crippen LogP contribution in [0.4, 0.5) is 0 Å². The van der Waals surface area contributed by atoms with Crippen molar-refractivity contribution < 1.29 is 4.79 Å². The van der Waals surface area contributed by atoms with E-state index in [-0.39, 0.29) is 18.5 Å². The highest BCUT2D eigenvalue weighted by Gasteiger charge is 2.22. The topological polar surface area (TPSA) is 67.2 Å². The second-order valence-corrected chi connectivity index (χ2v) is 6.71. The molecule has 6 nitrogen and oxygen atoms in total. The van der Waals surface area contributed by atoms with Gasteiger partial charge in [-0.05, 0) is 37.6 Å². The number of aromatic nitrogens is 2. The van der Waals surface area contributed by atoms with Crippen molar-refractivity contribution in [2.75, 3.05) is 19.6 Å². The molecule has 1 aromatic carbocycles. The SMILES string of the molecule is O=C(Cn1cccnc1=O)NC[C@H](c1ccccc1)N1CCCCCC1. The molecule has 6 heteroatoms. The fourth-order valence-corrected chi connectivity index (χ4v) is 3.47. The summed E-state index contributed by atoms with van der Waals surface area (Å²) in [6, 6.07) is 12.1. The molecule has 2 aromatic rings. The number of amides is 1. The molecule has 0 unspecified atom stereocenters. The number of hydrogen-bond acceptors (Lipinski definition) is 4. The fourth-order valence-electron chi connectivity index (χ4n) is 3.47. The summed E-state index contributed by atoms with van der Waals surface area (Å²) >= 11 is 0. The van der Waals surface area contributed by atoms with E-state index in [9.17, 15) is 9.59 Å². The molecule has 1 fully saturated rings. The number of benzene rings is 1. The van der Waals surface area contributed by atoms with Crippen LogP contribution in [0.5, 0.6) is 0 Å². The lowest BCUT2D eigenvalue weighted by molar-refractivity contribution is -0.122. The molecule has 0 aliphatic carbocycles. The number of likely N-dealkylation sites (tertiary alicyclic amines) is 1. The van der Waals surface area contributed by atoms with Gasteiger partial charge >= 0.3 is 5.69 Å². The first-order valence-electron chi connectivity index (χ1n) is 9.31. The second kappa shape index (κ2) is 9.29. The molecule has 0 bridgehead atoms. The smallest absolute Gasteiger partial charge is 0.347 e. The van der Waals surface area contributed by atoms with Gasteiger partial charge in [-0.3, -0.25) is 14.3 Å². The Morgan fingerprint density at radius 3 is 2.50 bits per heavy atom. The molecule has 1 aliphatic rings. The van der Waals surface area contributed by atoms with Gasteiger partial charge < -0.3 is 5.32 Å². The first-order chi connectivity index (χ1) is 12.7. The summed E-state index contributed by atoms with van der Waals surface area (Å²) in [5, 5.41) is 3.01. The van der Waals surface area contributed by atoms with Crippen molar-refractivity contribution in [3.8, 4) is 0 Å². The highest BCUT2D eigenvalue weighted by atomic mass is 16.2. The van der Waals surface area contributed by atoms with Crippen molar-refractivity contribution in [3.63, 3.8) is 0 Å². The number of hydrogen-bond donors (Lipinski definition) is 1. The fraction of sp³-hybridized carbons (Fsp3) is 0.450. The van der Waals surface area contributed by atoms with Crippen molar-refractivity contribution in [2.24, 2.45) is 0 Å². The first kappa shape index (κ1) is 18.3. The number of carbonyl (C=O) groups excluding carboxylic acids is 1. The summed E-state index contributed by atoms with van der Waals surface area (Å²) in [7, 11) is 0. The number of nitrogens with zero attached hydrogens (tertiary/aromatic N) is 3. The summed E-state index contributed by atoms with van der Waals surface area (Å²) in [5.41, 5.74) is 0.808. The van der Waals surface area contributed by atoms with E-state index in [2.05, 4.69) is 27.3 Å². The van der Waals surface area contributed by atoms with E-state index in [0.717, 1.165) is 13.1 Å². The standard InChI is InChI=1S/C20H26N4O2/c25-19(16-24-14-8-11-21-20(24)26)22-15-18(17-9-4-3-5-10-17)23-12-6-1-2-7-13-23/h3-5,8-11,14,18H,1-2,6-7,12-13,15-16H2,(H,22,25)/t18-/m1/s1. The summed E-state index contributed by atoms with van der Waals surface area (Å²) < 4.78 is 1.32.